The molecule has 0 radical (unpaired) electrons. The Morgan fingerprint density at radius 3 is 2.55 bits per heavy atom. The fraction of sp³-hybridized carbons (Fsp3) is 0.188. The molecule has 2 aromatic heterocycles. The van der Waals surface area contributed by atoms with E-state index in [2.05, 4.69) is 4.98 Å². The van der Waals surface area contributed by atoms with Crippen LogP contribution in [0.25, 0.3) is 16.9 Å². The summed E-state index contributed by atoms with van der Waals surface area (Å²) in [5, 5.41) is 9.77. The minimum absolute atomic E-state index is 0.160. The van der Waals surface area contributed by atoms with Crippen LogP contribution in [0.5, 0.6) is 11.5 Å². The number of pyridine rings is 1. The van der Waals surface area contributed by atoms with E-state index >= 15 is 0 Å². The van der Waals surface area contributed by atoms with Gasteiger partial charge in [-0.15, -0.1) is 0 Å². The minimum Gasteiger partial charge on any atom is -0.504 e. The first-order valence-corrected chi connectivity index (χ1v) is 6.57. The Morgan fingerprint density at radius 1 is 1.15 bits per heavy atom. The zero-order valence-corrected chi connectivity index (χ0v) is 11.4. The molecule has 0 saturated heterocycles. The number of rotatable bonds is 3. The van der Waals surface area contributed by atoms with Gasteiger partial charge in [-0.1, -0.05) is 0 Å². The average Bonchev–Trinajstić information content (AvgIpc) is 2.84. The average molecular weight is 268 g/mol. The van der Waals surface area contributed by atoms with Crippen molar-refractivity contribution in [2.45, 2.75) is 20.0 Å². The maximum Gasteiger partial charge on any atom is 0.180 e. The van der Waals surface area contributed by atoms with Crippen LogP contribution in [0.3, 0.4) is 0 Å². The van der Waals surface area contributed by atoms with Crippen LogP contribution >= 0.6 is 0 Å². The molecule has 1 N–H and O–H groups in total. The van der Waals surface area contributed by atoms with Gasteiger partial charge in [0.2, 0.25) is 0 Å². The number of imidazole rings is 1. The maximum absolute atomic E-state index is 9.77. The van der Waals surface area contributed by atoms with Crippen molar-refractivity contribution in [2.24, 2.45) is 0 Å². The number of aromatic hydroxyl groups is 1. The van der Waals surface area contributed by atoms with Gasteiger partial charge in [0.05, 0.1) is 11.8 Å². The fourth-order valence-corrected chi connectivity index (χ4v) is 2.11. The molecule has 3 rings (SSSR count). The van der Waals surface area contributed by atoms with Crippen LogP contribution in [-0.4, -0.2) is 20.6 Å². The predicted octanol–water partition coefficient (Wildman–Crippen LogP) is 3.49. The predicted molar refractivity (Wildman–Crippen MR) is 78.1 cm³/mol. The van der Waals surface area contributed by atoms with Crippen molar-refractivity contribution in [3.8, 4) is 22.8 Å². The molecule has 0 aliphatic heterocycles. The van der Waals surface area contributed by atoms with E-state index in [0.717, 1.165) is 17.0 Å². The largest absolute Gasteiger partial charge is 0.504 e. The highest BCUT2D eigenvalue weighted by Gasteiger charge is 2.07. The van der Waals surface area contributed by atoms with Crippen LogP contribution < -0.4 is 4.74 Å². The summed E-state index contributed by atoms with van der Waals surface area (Å²) < 4.78 is 7.43. The second-order valence-corrected chi connectivity index (χ2v) is 4.94. The minimum atomic E-state index is 0.160. The second-order valence-electron chi connectivity index (χ2n) is 4.94. The lowest BCUT2D eigenvalue weighted by atomic mass is 10.1. The van der Waals surface area contributed by atoms with E-state index in [-0.39, 0.29) is 11.9 Å². The monoisotopic (exact) mass is 268 g/mol. The van der Waals surface area contributed by atoms with Gasteiger partial charge in [0.15, 0.2) is 11.4 Å². The molecule has 0 unspecified atom stereocenters. The van der Waals surface area contributed by atoms with Crippen LogP contribution in [0.1, 0.15) is 13.8 Å². The number of aromatic nitrogens is 2. The van der Waals surface area contributed by atoms with Gasteiger partial charge in [-0.05, 0) is 50.2 Å². The van der Waals surface area contributed by atoms with Crippen molar-refractivity contribution in [1.82, 2.24) is 9.38 Å². The first-order chi connectivity index (χ1) is 9.63. The van der Waals surface area contributed by atoms with Crippen molar-refractivity contribution in [1.29, 1.82) is 0 Å². The van der Waals surface area contributed by atoms with Crippen molar-refractivity contribution in [3.63, 3.8) is 0 Å². The molecule has 0 bridgehead atoms. The number of hydrogen-bond donors (Lipinski definition) is 1. The summed E-state index contributed by atoms with van der Waals surface area (Å²) in [6, 6.07) is 11.2. The van der Waals surface area contributed by atoms with Gasteiger partial charge in [-0.2, -0.15) is 0 Å². The van der Waals surface area contributed by atoms with Gasteiger partial charge < -0.3 is 14.2 Å². The summed E-state index contributed by atoms with van der Waals surface area (Å²) in [5.74, 6) is 1.02. The molecular weight excluding hydrogens is 252 g/mol. The normalized spacial score (nSPS) is 11.2. The first kappa shape index (κ1) is 12.5. The highest BCUT2D eigenvalue weighted by molar-refractivity contribution is 5.66. The van der Waals surface area contributed by atoms with Crippen molar-refractivity contribution < 1.29 is 9.84 Å². The molecule has 0 aliphatic carbocycles. The molecule has 4 nitrogen and oxygen atoms in total. The molecule has 0 fully saturated rings. The summed E-state index contributed by atoms with van der Waals surface area (Å²) in [6.07, 6.45) is 3.92. The molecule has 0 atom stereocenters. The van der Waals surface area contributed by atoms with Crippen molar-refractivity contribution >= 4 is 5.65 Å². The van der Waals surface area contributed by atoms with E-state index in [1.54, 1.807) is 12.1 Å². The van der Waals surface area contributed by atoms with E-state index in [1.165, 1.54) is 0 Å². The van der Waals surface area contributed by atoms with Gasteiger partial charge in [-0.25, -0.2) is 4.98 Å². The first-order valence-electron chi connectivity index (χ1n) is 6.57. The number of ether oxygens (including phenoxy) is 1. The Kier molecular flexibility index (Phi) is 3.06. The van der Waals surface area contributed by atoms with Crippen LogP contribution in [0.15, 0.2) is 48.8 Å². The molecule has 0 saturated carbocycles. The lowest BCUT2D eigenvalue weighted by Crippen LogP contribution is -2.05. The molecule has 3 aromatic rings. The second kappa shape index (κ2) is 4.89. The van der Waals surface area contributed by atoms with Gasteiger partial charge in [0, 0.05) is 18.0 Å². The molecule has 0 aliphatic rings. The van der Waals surface area contributed by atoms with E-state index in [4.69, 9.17) is 4.74 Å². The van der Waals surface area contributed by atoms with Gasteiger partial charge in [0.1, 0.15) is 5.75 Å². The molecule has 2 heterocycles. The third-order valence-electron chi connectivity index (χ3n) is 2.98. The molecular formula is C16H16N2O2. The topological polar surface area (TPSA) is 46.8 Å². The Morgan fingerprint density at radius 2 is 1.90 bits per heavy atom. The van der Waals surface area contributed by atoms with E-state index < -0.39 is 0 Å². The van der Waals surface area contributed by atoms with Crippen LogP contribution in [0.4, 0.5) is 0 Å². The van der Waals surface area contributed by atoms with Gasteiger partial charge in [-0.3, -0.25) is 0 Å². The summed E-state index contributed by atoms with van der Waals surface area (Å²) in [6.45, 7) is 4.00. The maximum atomic E-state index is 9.77. The molecule has 0 amide bonds. The number of hydrogen-bond acceptors (Lipinski definition) is 3. The van der Waals surface area contributed by atoms with E-state index in [0.29, 0.717) is 5.65 Å². The molecule has 4 heteroatoms. The highest BCUT2D eigenvalue weighted by Crippen LogP contribution is 2.25. The summed E-state index contributed by atoms with van der Waals surface area (Å²) in [7, 11) is 0. The standard InChI is InChI=1S/C16H16N2O2/c1-11(2)20-13-7-5-12(6-8-13)14-10-18-9-3-4-15(19)16(18)17-14/h3-11,19H,1-2H3. The summed E-state index contributed by atoms with van der Waals surface area (Å²) >= 11 is 0. The van der Waals surface area contributed by atoms with Crippen molar-refractivity contribution in [3.05, 3.63) is 48.8 Å². The third-order valence-corrected chi connectivity index (χ3v) is 2.98. The fourth-order valence-electron chi connectivity index (χ4n) is 2.11. The molecule has 20 heavy (non-hydrogen) atoms. The van der Waals surface area contributed by atoms with Gasteiger partial charge in [0.25, 0.3) is 0 Å². The van der Waals surface area contributed by atoms with Crippen molar-refractivity contribution in [2.75, 3.05) is 0 Å². The molecule has 0 spiro atoms. The van der Waals surface area contributed by atoms with E-state index in [1.807, 2.05) is 54.9 Å². The molecule has 102 valence electrons. The number of fused-ring (bicyclic) bond motifs is 1. The Labute approximate surface area is 117 Å². The summed E-state index contributed by atoms with van der Waals surface area (Å²) in [4.78, 5) is 4.45. The zero-order chi connectivity index (χ0) is 14.1. The quantitative estimate of drug-likeness (QED) is 0.791. The van der Waals surface area contributed by atoms with Crippen LogP contribution in [0, 0.1) is 0 Å². The number of nitrogens with zero attached hydrogens (tertiary/aromatic N) is 2. The highest BCUT2D eigenvalue weighted by atomic mass is 16.5. The smallest absolute Gasteiger partial charge is 0.180 e. The lowest BCUT2D eigenvalue weighted by molar-refractivity contribution is 0.242. The Balaban J connectivity index is 1.96. The SMILES string of the molecule is CC(C)Oc1ccc(-c2cn3cccc(O)c3n2)cc1. The Bertz CT molecular complexity index is 730. The lowest BCUT2D eigenvalue weighted by Gasteiger charge is -2.09. The van der Waals surface area contributed by atoms with Crippen LogP contribution in [-0.2, 0) is 0 Å². The van der Waals surface area contributed by atoms with Gasteiger partial charge >= 0.3 is 0 Å². The van der Waals surface area contributed by atoms with E-state index in [9.17, 15) is 5.11 Å². The van der Waals surface area contributed by atoms with Crippen LogP contribution in [0.2, 0.25) is 0 Å². The summed E-state index contributed by atoms with van der Waals surface area (Å²) in [5.41, 5.74) is 2.37. The zero-order valence-electron chi connectivity index (χ0n) is 11.4. The molecule has 1 aromatic carbocycles. The third kappa shape index (κ3) is 2.32. The number of benzene rings is 1. The Hall–Kier alpha value is -2.49.